The van der Waals surface area contributed by atoms with Gasteiger partial charge in [-0.1, -0.05) is 25.7 Å². The average Bonchev–Trinajstić information content (AvgIpc) is 2.65. The molecule has 18 heavy (non-hydrogen) atoms. The minimum absolute atomic E-state index is 0.00338. The molecule has 0 aromatic heterocycles. The number of esters is 1. The number of carbonyl (C=O) groups is 1. The van der Waals surface area contributed by atoms with E-state index < -0.39 is 0 Å². The summed E-state index contributed by atoms with van der Waals surface area (Å²) in [7, 11) is 0. The van der Waals surface area contributed by atoms with Gasteiger partial charge in [0.25, 0.3) is 0 Å². The summed E-state index contributed by atoms with van der Waals surface area (Å²) in [5, 5.41) is 0. The molecule has 0 N–H and O–H groups in total. The normalized spacial score (nSPS) is 24.7. The molecular formula is C15H27NO2. The molecule has 1 aliphatic heterocycles. The SMILES string of the molecule is CCOC(=O)CC1(N2CCCCCC2)CCCC1. The zero-order valence-electron chi connectivity index (χ0n) is 11.7. The largest absolute Gasteiger partial charge is 0.466 e. The van der Waals surface area contributed by atoms with E-state index in [1.54, 1.807) is 0 Å². The van der Waals surface area contributed by atoms with Crippen LogP contribution in [0.5, 0.6) is 0 Å². The van der Waals surface area contributed by atoms with Crippen LogP contribution in [0.1, 0.15) is 64.7 Å². The highest BCUT2D eigenvalue weighted by Gasteiger charge is 2.41. The van der Waals surface area contributed by atoms with Gasteiger partial charge in [0.15, 0.2) is 0 Å². The van der Waals surface area contributed by atoms with Gasteiger partial charge >= 0.3 is 5.97 Å². The minimum atomic E-state index is 0.00338. The quantitative estimate of drug-likeness (QED) is 0.721. The molecule has 0 atom stereocenters. The third-order valence-electron chi connectivity index (χ3n) is 4.59. The number of nitrogens with zero attached hydrogens (tertiary/aromatic N) is 1. The van der Waals surface area contributed by atoms with E-state index in [0.29, 0.717) is 13.0 Å². The van der Waals surface area contributed by atoms with Crippen molar-refractivity contribution in [3.8, 4) is 0 Å². The lowest BCUT2D eigenvalue weighted by Gasteiger charge is -2.40. The molecule has 0 radical (unpaired) electrons. The first kappa shape index (κ1) is 13.9. The van der Waals surface area contributed by atoms with Gasteiger partial charge in [-0.15, -0.1) is 0 Å². The Morgan fingerprint density at radius 2 is 1.67 bits per heavy atom. The Labute approximate surface area is 111 Å². The van der Waals surface area contributed by atoms with Crippen LogP contribution in [-0.4, -0.2) is 36.1 Å². The third-order valence-corrected chi connectivity index (χ3v) is 4.59. The molecule has 2 rings (SSSR count). The highest BCUT2D eigenvalue weighted by molar-refractivity contribution is 5.71. The van der Waals surface area contributed by atoms with Crippen LogP contribution in [0.25, 0.3) is 0 Å². The third kappa shape index (κ3) is 3.25. The zero-order chi connectivity index (χ0) is 12.8. The van der Waals surface area contributed by atoms with Crippen molar-refractivity contribution >= 4 is 5.97 Å². The van der Waals surface area contributed by atoms with Crippen molar-refractivity contribution in [3.63, 3.8) is 0 Å². The van der Waals surface area contributed by atoms with Gasteiger partial charge in [0, 0.05) is 5.54 Å². The number of hydrogen-bond donors (Lipinski definition) is 0. The van der Waals surface area contributed by atoms with Crippen LogP contribution in [0.2, 0.25) is 0 Å². The number of rotatable bonds is 4. The first-order valence-electron chi connectivity index (χ1n) is 7.67. The van der Waals surface area contributed by atoms with Crippen molar-refractivity contribution in [1.29, 1.82) is 0 Å². The monoisotopic (exact) mass is 253 g/mol. The highest BCUT2D eigenvalue weighted by atomic mass is 16.5. The van der Waals surface area contributed by atoms with Gasteiger partial charge < -0.3 is 4.74 Å². The molecule has 2 fully saturated rings. The van der Waals surface area contributed by atoms with Crippen molar-refractivity contribution < 1.29 is 9.53 Å². The minimum Gasteiger partial charge on any atom is -0.466 e. The lowest BCUT2D eigenvalue weighted by Crippen LogP contribution is -2.48. The van der Waals surface area contributed by atoms with Gasteiger partial charge in [-0.25, -0.2) is 0 Å². The van der Waals surface area contributed by atoms with Gasteiger partial charge in [-0.05, 0) is 45.7 Å². The fourth-order valence-electron chi connectivity index (χ4n) is 3.66. The molecule has 1 heterocycles. The molecule has 1 aliphatic carbocycles. The summed E-state index contributed by atoms with van der Waals surface area (Å²) in [4.78, 5) is 14.5. The van der Waals surface area contributed by atoms with E-state index in [-0.39, 0.29) is 11.5 Å². The topological polar surface area (TPSA) is 29.5 Å². The average molecular weight is 253 g/mol. The van der Waals surface area contributed by atoms with Gasteiger partial charge in [0.05, 0.1) is 13.0 Å². The summed E-state index contributed by atoms with van der Waals surface area (Å²) in [5.41, 5.74) is 0.136. The molecule has 0 unspecified atom stereocenters. The van der Waals surface area contributed by atoms with E-state index in [4.69, 9.17) is 4.74 Å². The van der Waals surface area contributed by atoms with Crippen LogP contribution in [0.3, 0.4) is 0 Å². The van der Waals surface area contributed by atoms with Crippen molar-refractivity contribution in [3.05, 3.63) is 0 Å². The Kier molecular flexibility index (Phi) is 5.04. The Morgan fingerprint density at radius 1 is 1.06 bits per heavy atom. The Morgan fingerprint density at radius 3 is 2.22 bits per heavy atom. The van der Waals surface area contributed by atoms with E-state index in [0.717, 1.165) is 0 Å². The van der Waals surface area contributed by atoms with E-state index in [1.807, 2.05) is 6.92 Å². The van der Waals surface area contributed by atoms with Crippen LogP contribution < -0.4 is 0 Å². The lowest BCUT2D eigenvalue weighted by molar-refractivity contribution is -0.146. The molecule has 0 aromatic rings. The molecule has 0 aromatic carbocycles. The Balaban J connectivity index is 2.02. The van der Waals surface area contributed by atoms with E-state index in [1.165, 1.54) is 64.5 Å². The summed E-state index contributed by atoms with van der Waals surface area (Å²) < 4.78 is 5.19. The van der Waals surface area contributed by atoms with Crippen molar-refractivity contribution in [1.82, 2.24) is 4.90 Å². The Bertz CT molecular complexity index is 264. The smallest absolute Gasteiger partial charge is 0.307 e. The number of likely N-dealkylation sites (tertiary alicyclic amines) is 1. The van der Waals surface area contributed by atoms with Crippen LogP contribution in [0.15, 0.2) is 0 Å². The van der Waals surface area contributed by atoms with E-state index >= 15 is 0 Å². The van der Waals surface area contributed by atoms with Gasteiger partial charge in [-0.3, -0.25) is 9.69 Å². The van der Waals surface area contributed by atoms with Crippen molar-refractivity contribution in [2.24, 2.45) is 0 Å². The molecule has 0 spiro atoms. The van der Waals surface area contributed by atoms with Crippen molar-refractivity contribution in [2.45, 2.75) is 70.3 Å². The highest BCUT2D eigenvalue weighted by Crippen LogP contribution is 2.39. The van der Waals surface area contributed by atoms with Crippen LogP contribution in [0, 0.1) is 0 Å². The summed E-state index contributed by atoms with van der Waals surface area (Å²) in [5.74, 6) is 0.00338. The molecular weight excluding hydrogens is 226 g/mol. The molecule has 0 bridgehead atoms. The molecule has 3 nitrogen and oxygen atoms in total. The number of hydrogen-bond acceptors (Lipinski definition) is 3. The Hall–Kier alpha value is -0.570. The van der Waals surface area contributed by atoms with E-state index in [9.17, 15) is 4.79 Å². The lowest BCUT2D eigenvalue weighted by atomic mass is 9.90. The second-order valence-electron chi connectivity index (χ2n) is 5.81. The van der Waals surface area contributed by atoms with Crippen LogP contribution in [0.4, 0.5) is 0 Å². The standard InChI is InChI=1S/C15H27NO2/c1-2-18-14(17)13-15(9-5-6-10-15)16-11-7-3-4-8-12-16/h2-13H2,1H3. The predicted molar refractivity (Wildman–Crippen MR) is 72.5 cm³/mol. The van der Waals surface area contributed by atoms with Crippen LogP contribution >= 0.6 is 0 Å². The maximum absolute atomic E-state index is 11.9. The first-order valence-corrected chi connectivity index (χ1v) is 7.67. The first-order chi connectivity index (χ1) is 8.77. The summed E-state index contributed by atoms with van der Waals surface area (Å²) >= 11 is 0. The second kappa shape index (κ2) is 6.55. The molecule has 0 amide bonds. The maximum Gasteiger partial charge on any atom is 0.307 e. The molecule has 2 aliphatic rings. The predicted octanol–water partition coefficient (Wildman–Crippen LogP) is 3.13. The molecule has 1 saturated heterocycles. The molecule has 1 saturated carbocycles. The molecule has 104 valence electrons. The zero-order valence-corrected chi connectivity index (χ0v) is 11.7. The fraction of sp³-hybridized carbons (Fsp3) is 0.933. The summed E-state index contributed by atoms with van der Waals surface area (Å²) in [6.45, 7) is 4.76. The second-order valence-corrected chi connectivity index (χ2v) is 5.81. The van der Waals surface area contributed by atoms with Crippen LogP contribution in [-0.2, 0) is 9.53 Å². The molecule has 3 heteroatoms. The summed E-state index contributed by atoms with van der Waals surface area (Å²) in [6, 6.07) is 0. The van der Waals surface area contributed by atoms with E-state index in [2.05, 4.69) is 4.90 Å². The van der Waals surface area contributed by atoms with Gasteiger partial charge in [0.2, 0.25) is 0 Å². The number of ether oxygens (including phenoxy) is 1. The van der Waals surface area contributed by atoms with Crippen molar-refractivity contribution in [2.75, 3.05) is 19.7 Å². The fourth-order valence-corrected chi connectivity index (χ4v) is 3.66. The summed E-state index contributed by atoms with van der Waals surface area (Å²) in [6.07, 6.45) is 10.8. The maximum atomic E-state index is 11.9. The van der Waals surface area contributed by atoms with Gasteiger partial charge in [0.1, 0.15) is 0 Å². The van der Waals surface area contributed by atoms with Gasteiger partial charge in [-0.2, -0.15) is 0 Å². The number of carbonyl (C=O) groups excluding carboxylic acids is 1.